The van der Waals surface area contributed by atoms with Gasteiger partial charge >= 0.3 is 0 Å². The monoisotopic (exact) mass is 345 g/mol. The van der Waals surface area contributed by atoms with Crippen LogP contribution in [-0.4, -0.2) is 19.1 Å². The first-order chi connectivity index (χ1) is 12.8. The Morgan fingerprint density at radius 2 is 1.62 bits per heavy atom. The molecule has 1 aliphatic heterocycles. The highest BCUT2D eigenvalue weighted by Gasteiger charge is 2.15. The molecule has 5 rings (SSSR count). The number of rotatable bonds is 2. The van der Waals surface area contributed by atoms with E-state index in [1.54, 1.807) is 18.2 Å². The molecular weight excluding hydrogens is 330 g/mol. The second-order valence-electron chi connectivity index (χ2n) is 6.12. The summed E-state index contributed by atoms with van der Waals surface area (Å²) >= 11 is 0. The smallest absolute Gasteiger partial charge is 0.255 e. The van der Waals surface area contributed by atoms with Crippen molar-refractivity contribution in [1.82, 2.24) is 0 Å². The van der Waals surface area contributed by atoms with Gasteiger partial charge in [-0.2, -0.15) is 0 Å². The van der Waals surface area contributed by atoms with Crippen LogP contribution in [0.1, 0.15) is 10.4 Å². The van der Waals surface area contributed by atoms with Gasteiger partial charge in [-0.15, -0.1) is 0 Å². The molecule has 26 heavy (non-hydrogen) atoms. The molecule has 1 N–H and O–H groups in total. The molecule has 0 fully saturated rings. The quantitative estimate of drug-likeness (QED) is 0.576. The average Bonchev–Trinajstić information content (AvgIpc) is 3.05. The van der Waals surface area contributed by atoms with Crippen molar-refractivity contribution in [3.8, 4) is 11.5 Å². The summed E-state index contributed by atoms with van der Waals surface area (Å²) in [4.78, 5) is 12.6. The molecule has 5 nitrogen and oxygen atoms in total. The number of furan rings is 1. The molecule has 4 aromatic rings. The summed E-state index contributed by atoms with van der Waals surface area (Å²) in [5.74, 6) is 1.05. The number of hydrogen-bond donors (Lipinski definition) is 1. The van der Waals surface area contributed by atoms with Crippen molar-refractivity contribution in [2.45, 2.75) is 0 Å². The largest absolute Gasteiger partial charge is 0.486 e. The zero-order valence-corrected chi connectivity index (χ0v) is 13.8. The van der Waals surface area contributed by atoms with Crippen molar-refractivity contribution in [2.75, 3.05) is 18.5 Å². The molecular formula is C21H15NO4. The molecule has 0 saturated heterocycles. The fourth-order valence-electron chi connectivity index (χ4n) is 3.19. The summed E-state index contributed by atoms with van der Waals surface area (Å²) in [6.45, 7) is 1.01. The van der Waals surface area contributed by atoms with Crippen LogP contribution in [0.4, 0.5) is 5.69 Å². The molecule has 5 heteroatoms. The van der Waals surface area contributed by atoms with E-state index >= 15 is 0 Å². The number of hydrogen-bond acceptors (Lipinski definition) is 4. The van der Waals surface area contributed by atoms with Crippen molar-refractivity contribution >= 4 is 33.5 Å². The van der Waals surface area contributed by atoms with Crippen LogP contribution in [0.3, 0.4) is 0 Å². The standard InChI is InChI=1S/C21H15NO4/c23-21(13-5-8-18-20(11-13)25-10-9-24-18)22-14-6-7-16-15-3-1-2-4-17(15)26-19(16)12-14/h1-8,11-12H,9-10H2,(H,22,23). The SMILES string of the molecule is O=C(Nc1ccc2c(c1)oc1ccccc12)c1ccc2c(c1)OCCO2. The summed E-state index contributed by atoms with van der Waals surface area (Å²) in [6, 6.07) is 18.7. The topological polar surface area (TPSA) is 60.7 Å². The molecule has 0 spiro atoms. The van der Waals surface area contributed by atoms with Crippen molar-refractivity contribution in [2.24, 2.45) is 0 Å². The number of carbonyl (C=O) groups excluding carboxylic acids is 1. The van der Waals surface area contributed by atoms with E-state index in [1.165, 1.54) is 0 Å². The van der Waals surface area contributed by atoms with Crippen molar-refractivity contribution < 1.29 is 18.7 Å². The lowest BCUT2D eigenvalue weighted by molar-refractivity contribution is 0.102. The highest BCUT2D eigenvalue weighted by Crippen LogP contribution is 2.32. The highest BCUT2D eigenvalue weighted by atomic mass is 16.6. The molecule has 1 aliphatic rings. The third-order valence-corrected chi connectivity index (χ3v) is 4.44. The van der Waals surface area contributed by atoms with E-state index in [4.69, 9.17) is 13.9 Å². The minimum Gasteiger partial charge on any atom is -0.486 e. The van der Waals surface area contributed by atoms with Crippen LogP contribution < -0.4 is 14.8 Å². The Hall–Kier alpha value is -3.47. The fourth-order valence-corrected chi connectivity index (χ4v) is 3.19. The molecule has 2 heterocycles. The first-order valence-corrected chi connectivity index (χ1v) is 8.40. The minimum absolute atomic E-state index is 0.211. The lowest BCUT2D eigenvalue weighted by Gasteiger charge is -2.18. The molecule has 0 atom stereocenters. The number of anilines is 1. The zero-order valence-electron chi connectivity index (χ0n) is 13.8. The molecule has 0 aliphatic carbocycles. The lowest BCUT2D eigenvalue weighted by atomic mass is 10.1. The highest BCUT2D eigenvalue weighted by molar-refractivity contribution is 6.08. The van der Waals surface area contributed by atoms with Gasteiger partial charge in [0.2, 0.25) is 0 Å². The van der Waals surface area contributed by atoms with E-state index < -0.39 is 0 Å². The van der Waals surface area contributed by atoms with Crippen molar-refractivity contribution in [3.05, 3.63) is 66.2 Å². The predicted octanol–water partition coefficient (Wildman–Crippen LogP) is 4.61. The van der Waals surface area contributed by atoms with E-state index in [0.29, 0.717) is 36.0 Å². The molecule has 1 aromatic heterocycles. The Balaban J connectivity index is 1.45. The number of para-hydroxylation sites is 1. The maximum absolute atomic E-state index is 12.6. The van der Waals surface area contributed by atoms with Gasteiger partial charge < -0.3 is 19.2 Å². The molecule has 0 unspecified atom stereocenters. The van der Waals surface area contributed by atoms with Gasteiger partial charge in [-0.3, -0.25) is 4.79 Å². The first-order valence-electron chi connectivity index (χ1n) is 8.40. The Labute approximate surface area is 149 Å². The third-order valence-electron chi connectivity index (χ3n) is 4.44. The molecule has 0 radical (unpaired) electrons. The molecule has 3 aromatic carbocycles. The van der Waals surface area contributed by atoms with E-state index in [9.17, 15) is 4.79 Å². The Bertz CT molecular complexity index is 1150. The van der Waals surface area contributed by atoms with Gasteiger partial charge in [0.1, 0.15) is 24.4 Å². The second kappa shape index (κ2) is 5.81. The summed E-state index contributed by atoms with van der Waals surface area (Å²) < 4.78 is 16.9. The van der Waals surface area contributed by atoms with Gasteiger partial charge in [0.05, 0.1) is 0 Å². The third kappa shape index (κ3) is 2.45. The van der Waals surface area contributed by atoms with Crippen LogP contribution in [0.15, 0.2) is 65.1 Å². The van der Waals surface area contributed by atoms with Gasteiger partial charge in [-0.1, -0.05) is 18.2 Å². The maximum Gasteiger partial charge on any atom is 0.255 e. The lowest BCUT2D eigenvalue weighted by Crippen LogP contribution is -2.17. The van der Waals surface area contributed by atoms with Gasteiger partial charge in [-0.25, -0.2) is 0 Å². The number of amides is 1. The number of fused-ring (bicyclic) bond motifs is 4. The van der Waals surface area contributed by atoms with Crippen molar-refractivity contribution in [1.29, 1.82) is 0 Å². The van der Waals surface area contributed by atoms with Gasteiger partial charge in [0.25, 0.3) is 5.91 Å². The van der Waals surface area contributed by atoms with E-state index in [0.717, 1.165) is 21.9 Å². The molecule has 0 bridgehead atoms. The number of nitrogens with one attached hydrogen (secondary N) is 1. The van der Waals surface area contributed by atoms with Crippen LogP contribution in [0.2, 0.25) is 0 Å². The van der Waals surface area contributed by atoms with E-state index in [1.807, 2.05) is 42.5 Å². The predicted molar refractivity (Wildman–Crippen MR) is 99.1 cm³/mol. The van der Waals surface area contributed by atoms with Gasteiger partial charge in [-0.05, 0) is 36.4 Å². The average molecular weight is 345 g/mol. The van der Waals surface area contributed by atoms with E-state index in [-0.39, 0.29) is 5.91 Å². The Kier molecular flexibility index (Phi) is 3.31. The van der Waals surface area contributed by atoms with Crippen LogP contribution in [0, 0.1) is 0 Å². The second-order valence-corrected chi connectivity index (χ2v) is 6.12. The first kappa shape index (κ1) is 14.8. The molecule has 128 valence electrons. The number of benzene rings is 3. The fraction of sp³-hybridized carbons (Fsp3) is 0.0952. The summed E-state index contributed by atoms with van der Waals surface area (Å²) in [7, 11) is 0. The summed E-state index contributed by atoms with van der Waals surface area (Å²) in [5, 5.41) is 4.99. The normalized spacial score (nSPS) is 13.1. The van der Waals surface area contributed by atoms with Crippen LogP contribution in [0.5, 0.6) is 11.5 Å². The van der Waals surface area contributed by atoms with Crippen molar-refractivity contribution in [3.63, 3.8) is 0 Å². The van der Waals surface area contributed by atoms with Gasteiger partial charge in [0, 0.05) is 28.1 Å². The van der Waals surface area contributed by atoms with Crippen LogP contribution in [0.25, 0.3) is 21.9 Å². The maximum atomic E-state index is 12.6. The summed E-state index contributed by atoms with van der Waals surface area (Å²) in [6.07, 6.45) is 0. The Morgan fingerprint density at radius 3 is 2.54 bits per heavy atom. The molecule has 1 amide bonds. The molecule has 0 saturated carbocycles. The Morgan fingerprint density at radius 1 is 0.808 bits per heavy atom. The van der Waals surface area contributed by atoms with Crippen LogP contribution in [-0.2, 0) is 0 Å². The minimum atomic E-state index is -0.211. The number of ether oxygens (including phenoxy) is 2. The van der Waals surface area contributed by atoms with Gasteiger partial charge in [0.15, 0.2) is 11.5 Å². The van der Waals surface area contributed by atoms with E-state index in [2.05, 4.69) is 5.32 Å². The summed E-state index contributed by atoms with van der Waals surface area (Å²) in [5.41, 5.74) is 2.76. The number of carbonyl (C=O) groups is 1. The zero-order chi connectivity index (χ0) is 17.5. The van der Waals surface area contributed by atoms with Crippen LogP contribution >= 0.6 is 0 Å².